The van der Waals surface area contributed by atoms with Crippen LogP contribution in [0.1, 0.15) is 26.7 Å². The first kappa shape index (κ1) is 12.6. The molecule has 1 aliphatic heterocycles. The van der Waals surface area contributed by atoms with Crippen LogP contribution in [-0.4, -0.2) is 30.1 Å². The summed E-state index contributed by atoms with van der Waals surface area (Å²) in [6, 6.07) is 0. The quantitative estimate of drug-likeness (QED) is 0.911. The van der Waals surface area contributed by atoms with Gasteiger partial charge in [-0.2, -0.15) is 4.98 Å². The summed E-state index contributed by atoms with van der Waals surface area (Å²) in [5.74, 6) is 1.67. The van der Waals surface area contributed by atoms with E-state index in [1.807, 2.05) is 13.2 Å². The third-order valence-corrected chi connectivity index (χ3v) is 3.71. The van der Waals surface area contributed by atoms with Crippen molar-refractivity contribution in [1.82, 2.24) is 9.97 Å². The number of halogens is 1. The molecule has 2 rings (SSSR count). The summed E-state index contributed by atoms with van der Waals surface area (Å²) in [6.45, 7) is 6.74. The van der Waals surface area contributed by atoms with Gasteiger partial charge in [0.05, 0.1) is 4.47 Å². The third-order valence-electron chi connectivity index (χ3n) is 3.15. The number of hydrogen-bond acceptors (Lipinski definition) is 4. The van der Waals surface area contributed by atoms with Gasteiger partial charge in [-0.15, -0.1) is 0 Å². The molecule has 0 saturated carbocycles. The number of rotatable bonds is 2. The van der Waals surface area contributed by atoms with Crippen LogP contribution in [0.2, 0.25) is 0 Å². The molecule has 5 heteroatoms. The van der Waals surface area contributed by atoms with Gasteiger partial charge in [0, 0.05) is 26.3 Å². The van der Waals surface area contributed by atoms with Crippen molar-refractivity contribution in [3.63, 3.8) is 0 Å². The van der Waals surface area contributed by atoms with E-state index < -0.39 is 0 Å². The molecule has 0 bridgehead atoms. The molecule has 1 fully saturated rings. The van der Waals surface area contributed by atoms with Crippen molar-refractivity contribution in [2.75, 3.05) is 30.4 Å². The van der Waals surface area contributed by atoms with Crippen LogP contribution in [0.15, 0.2) is 10.7 Å². The lowest BCUT2D eigenvalue weighted by Gasteiger charge is -2.39. The smallest absolute Gasteiger partial charge is 0.224 e. The highest BCUT2D eigenvalue weighted by atomic mass is 79.9. The van der Waals surface area contributed by atoms with Gasteiger partial charge in [-0.25, -0.2) is 4.98 Å². The van der Waals surface area contributed by atoms with E-state index in [1.165, 1.54) is 12.8 Å². The molecule has 0 radical (unpaired) electrons. The van der Waals surface area contributed by atoms with Crippen molar-refractivity contribution in [2.24, 2.45) is 5.41 Å². The third kappa shape index (κ3) is 2.89. The largest absolute Gasteiger partial charge is 0.357 e. The van der Waals surface area contributed by atoms with Crippen LogP contribution in [-0.2, 0) is 0 Å². The van der Waals surface area contributed by atoms with Gasteiger partial charge in [-0.3, -0.25) is 0 Å². The maximum atomic E-state index is 4.54. The van der Waals surface area contributed by atoms with Gasteiger partial charge in [0.25, 0.3) is 0 Å². The molecule has 0 unspecified atom stereocenters. The summed E-state index contributed by atoms with van der Waals surface area (Å²) < 4.78 is 0.967. The molecule has 1 aliphatic rings. The van der Waals surface area contributed by atoms with E-state index in [2.05, 4.69) is 50.0 Å². The van der Waals surface area contributed by atoms with E-state index in [-0.39, 0.29) is 0 Å². The van der Waals surface area contributed by atoms with Gasteiger partial charge >= 0.3 is 0 Å². The van der Waals surface area contributed by atoms with Crippen LogP contribution in [0.3, 0.4) is 0 Å². The molecule has 0 aliphatic carbocycles. The predicted molar refractivity (Wildman–Crippen MR) is 74.5 cm³/mol. The number of piperidine rings is 1. The second kappa shape index (κ2) is 4.80. The van der Waals surface area contributed by atoms with Crippen LogP contribution >= 0.6 is 15.9 Å². The van der Waals surface area contributed by atoms with Gasteiger partial charge < -0.3 is 10.2 Å². The Kier molecular flexibility index (Phi) is 3.56. The SMILES string of the molecule is CNc1ncc(Br)c(N2CCCC(C)(C)C2)n1. The Morgan fingerprint density at radius 1 is 1.47 bits per heavy atom. The van der Waals surface area contributed by atoms with E-state index in [0.717, 1.165) is 23.4 Å². The zero-order valence-corrected chi connectivity index (χ0v) is 12.2. The average molecular weight is 299 g/mol. The lowest BCUT2D eigenvalue weighted by Crippen LogP contribution is -2.40. The highest BCUT2D eigenvalue weighted by Crippen LogP contribution is 2.33. The first-order valence-electron chi connectivity index (χ1n) is 5.97. The van der Waals surface area contributed by atoms with Crippen LogP contribution in [0, 0.1) is 5.41 Å². The van der Waals surface area contributed by atoms with E-state index in [9.17, 15) is 0 Å². The molecule has 17 heavy (non-hydrogen) atoms. The molecular formula is C12H19BrN4. The summed E-state index contributed by atoms with van der Waals surface area (Å²) in [6.07, 6.45) is 4.32. The Morgan fingerprint density at radius 3 is 2.88 bits per heavy atom. The molecule has 0 spiro atoms. The van der Waals surface area contributed by atoms with E-state index in [4.69, 9.17) is 0 Å². The van der Waals surface area contributed by atoms with Crippen molar-refractivity contribution in [3.05, 3.63) is 10.7 Å². The summed E-state index contributed by atoms with van der Waals surface area (Å²) in [5, 5.41) is 2.98. The Balaban J connectivity index is 2.26. The van der Waals surface area contributed by atoms with E-state index >= 15 is 0 Å². The van der Waals surface area contributed by atoms with Gasteiger partial charge in [0.1, 0.15) is 5.82 Å². The first-order chi connectivity index (χ1) is 8.02. The molecular weight excluding hydrogens is 280 g/mol. The Labute approximate surface area is 111 Å². The van der Waals surface area contributed by atoms with Crippen LogP contribution < -0.4 is 10.2 Å². The highest BCUT2D eigenvalue weighted by Gasteiger charge is 2.28. The Hall–Kier alpha value is -0.840. The maximum absolute atomic E-state index is 4.54. The summed E-state index contributed by atoms with van der Waals surface area (Å²) in [7, 11) is 1.84. The minimum atomic E-state index is 0.364. The van der Waals surface area contributed by atoms with Gasteiger partial charge in [-0.05, 0) is 34.2 Å². The fourth-order valence-electron chi connectivity index (χ4n) is 2.30. The van der Waals surface area contributed by atoms with Crippen molar-refractivity contribution >= 4 is 27.7 Å². The fourth-order valence-corrected chi connectivity index (χ4v) is 2.75. The number of anilines is 2. The normalized spacial score (nSPS) is 19.2. The number of nitrogens with one attached hydrogen (secondary N) is 1. The Bertz CT molecular complexity index is 405. The van der Waals surface area contributed by atoms with Crippen LogP contribution in [0.4, 0.5) is 11.8 Å². The zero-order chi connectivity index (χ0) is 12.5. The molecule has 94 valence electrons. The van der Waals surface area contributed by atoms with Crippen LogP contribution in [0.25, 0.3) is 0 Å². The maximum Gasteiger partial charge on any atom is 0.224 e. The molecule has 1 aromatic heterocycles. The second-order valence-corrected chi connectivity index (χ2v) is 6.16. The average Bonchev–Trinajstić information content (AvgIpc) is 2.28. The topological polar surface area (TPSA) is 41.1 Å². The monoisotopic (exact) mass is 298 g/mol. The van der Waals surface area contributed by atoms with Crippen molar-refractivity contribution in [2.45, 2.75) is 26.7 Å². The molecule has 1 aromatic rings. The van der Waals surface area contributed by atoms with Gasteiger partial charge in [0.15, 0.2) is 0 Å². The van der Waals surface area contributed by atoms with E-state index in [0.29, 0.717) is 11.4 Å². The second-order valence-electron chi connectivity index (χ2n) is 5.30. The lowest BCUT2D eigenvalue weighted by molar-refractivity contribution is 0.292. The fraction of sp³-hybridized carbons (Fsp3) is 0.667. The molecule has 0 atom stereocenters. The summed E-state index contributed by atoms with van der Waals surface area (Å²) in [4.78, 5) is 11.1. The standard InChI is InChI=1S/C12H19BrN4/c1-12(2)5-4-6-17(8-12)10-9(13)7-15-11(14-3)16-10/h7H,4-6,8H2,1-3H3,(H,14,15,16). The summed E-state index contributed by atoms with van der Waals surface area (Å²) in [5.41, 5.74) is 0.364. The minimum Gasteiger partial charge on any atom is -0.357 e. The summed E-state index contributed by atoms with van der Waals surface area (Å²) >= 11 is 3.54. The van der Waals surface area contributed by atoms with E-state index in [1.54, 1.807) is 0 Å². The first-order valence-corrected chi connectivity index (χ1v) is 6.76. The molecule has 1 saturated heterocycles. The molecule has 1 N–H and O–H groups in total. The highest BCUT2D eigenvalue weighted by molar-refractivity contribution is 9.10. The van der Waals surface area contributed by atoms with Crippen molar-refractivity contribution < 1.29 is 0 Å². The zero-order valence-electron chi connectivity index (χ0n) is 10.6. The number of aromatic nitrogens is 2. The predicted octanol–water partition coefficient (Wildman–Crippen LogP) is 2.91. The van der Waals surface area contributed by atoms with Gasteiger partial charge in [-0.1, -0.05) is 13.8 Å². The minimum absolute atomic E-state index is 0.364. The molecule has 0 aromatic carbocycles. The molecule has 2 heterocycles. The Morgan fingerprint density at radius 2 is 2.24 bits per heavy atom. The lowest BCUT2D eigenvalue weighted by atomic mass is 9.84. The molecule has 0 amide bonds. The van der Waals surface area contributed by atoms with Crippen molar-refractivity contribution in [3.8, 4) is 0 Å². The van der Waals surface area contributed by atoms with Gasteiger partial charge in [0.2, 0.25) is 5.95 Å². The number of hydrogen-bond donors (Lipinski definition) is 1. The number of nitrogens with zero attached hydrogens (tertiary/aromatic N) is 3. The molecule has 4 nitrogen and oxygen atoms in total. The van der Waals surface area contributed by atoms with Crippen LogP contribution in [0.5, 0.6) is 0 Å². The van der Waals surface area contributed by atoms with Crippen molar-refractivity contribution in [1.29, 1.82) is 0 Å².